The summed E-state index contributed by atoms with van der Waals surface area (Å²) >= 11 is 2.93. The molecule has 6 aromatic rings. The Bertz CT molecular complexity index is 1630. The van der Waals surface area contributed by atoms with E-state index in [9.17, 15) is 4.79 Å². The molecule has 0 aliphatic carbocycles. The quantitative estimate of drug-likeness (QED) is 0.406. The minimum Gasteiger partial charge on any atom is -0.266 e. The van der Waals surface area contributed by atoms with E-state index in [2.05, 4.69) is 15.1 Å². The highest BCUT2D eigenvalue weighted by molar-refractivity contribution is 7.15. The molecule has 0 unspecified atom stereocenters. The van der Waals surface area contributed by atoms with Gasteiger partial charge in [-0.2, -0.15) is 14.6 Å². The van der Waals surface area contributed by atoms with Crippen molar-refractivity contribution in [2.45, 2.75) is 0 Å². The molecule has 6 rings (SSSR count). The Morgan fingerprint density at radius 1 is 0.969 bits per heavy atom. The van der Waals surface area contributed by atoms with Crippen molar-refractivity contribution in [2.75, 3.05) is 0 Å². The highest BCUT2D eigenvalue weighted by Gasteiger charge is 2.15. The second kappa shape index (κ2) is 7.63. The molecule has 0 atom stereocenters. The Balaban J connectivity index is 1.49. The zero-order chi connectivity index (χ0) is 21.5. The topological polar surface area (TPSA) is 78.0 Å². The molecule has 0 radical (unpaired) electrons. The van der Waals surface area contributed by atoms with E-state index < -0.39 is 0 Å². The van der Waals surface area contributed by atoms with Crippen LogP contribution in [-0.4, -0.2) is 29.4 Å². The van der Waals surface area contributed by atoms with Crippen molar-refractivity contribution in [3.8, 4) is 27.6 Å². The standard InChI is InChI=1S/C23H14N6OS2/c30-22-19(32-23-25-21(27-29(22)23)15-6-4-10-24-13-15)12-16-14-28(17-7-2-1-3-8-17)26-20(16)18-9-5-11-31-18/h1-14H. The van der Waals surface area contributed by atoms with Crippen LogP contribution in [0.15, 0.2) is 83.4 Å². The number of thiazole rings is 1. The molecule has 7 nitrogen and oxygen atoms in total. The van der Waals surface area contributed by atoms with Crippen molar-refractivity contribution in [3.05, 3.63) is 99.0 Å². The molecule has 0 aliphatic heterocycles. The number of aromatic nitrogens is 6. The number of hydrogen-bond acceptors (Lipinski definition) is 7. The van der Waals surface area contributed by atoms with Gasteiger partial charge in [-0.15, -0.1) is 16.4 Å². The van der Waals surface area contributed by atoms with E-state index in [1.54, 1.807) is 23.7 Å². The van der Waals surface area contributed by atoms with Crippen molar-refractivity contribution in [1.82, 2.24) is 29.4 Å². The number of nitrogens with zero attached hydrogens (tertiary/aromatic N) is 6. The maximum atomic E-state index is 13.1. The van der Waals surface area contributed by atoms with E-state index in [1.807, 2.05) is 76.9 Å². The first-order valence-corrected chi connectivity index (χ1v) is 11.5. The van der Waals surface area contributed by atoms with Crippen molar-refractivity contribution in [3.63, 3.8) is 0 Å². The molecule has 0 N–H and O–H groups in total. The fraction of sp³-hybridized carbons (Fsp3) is 0. The molecule has 0 spiro atoms. The first-order chi connectivity index (χ1) is 15.8. The molecule has 0 saturated carbocycles. The summed E-state index contributed by atoms with van der Waals surface area (Å²) in [6.45, 7) is 0. The van der Waals surface area contributed by atoms with Crippen molar-refractivity contribution in [2.24, 2.45) is 0 Å². The molecule has 0 amide bonds. The van der Waals surface area contributed by atoms with Crippen LogP contribution in [-0.2, 0) is 0 Å². The molecule has 32 heavy (non-hydrogen) atoms. The molecule has 9 heteroatoms. The second-order valence-electron chi connectivity index (χ2n) is 6.98. The van der Waals surface area contributed by atoms with Gasteiger partial charge in [0.15, 0.2) is 5.82 Å². The van der Waals surface area contributed by atoms with Gasteiger partial charge < -0.3 is 0 Å². The minimum absolute atomic E-state index is 0.197. The fourth-order valence-electron chi connectivity index (χ4n) is 3.40. The van der Waals surface area contributed by atoms with Crippen molar-refractivity contribution < 1.29 is 0 Å². The number of rotatable bonds is 4. The summed E-state index contributed by atoms with van der Waals surface area (Å²) in [6.07, 6.45) is 7.19. The number of hydrogen-bond donors (Lipinski definition) is 0. The Hall–Kier alpha value is -3.95. The highest BCUT2D eigenvalue weighted by atomic mass is 32.1. The largest absolute Gasteiger partial charge is 0.291 e. The van der Waals surface area contributed by atoms with Crippen molar-refractivity contribution >= 4 is 33.7 Å². The molecule has 5 heterocycles. The summed E-state index contributed by atoms with van der Waals surface area (Å²) in [4.78, 5) is 23.3. The second-order valence-corrected chi connectivity index (χ2v) is 8.93. The average molecular weight is 455 g/mol. The lowest BCUT2D eigenvalue weighted by molar-refractivity contribution is 0.885. The summed E-state index contributed by atoms with van der Waals surface area (Å²) in [5.41, 5.74) is 3.23. The first kappa shape index (κ1) is 18.8. The summed E-state index contributed by atoms with van der Waals surface area (Å²) < 4.78 is 3.75. The normalized spacial score (nSPS) is 12.1. The van der Waals surface area contributed by atoms with Gasteiger partial charge in [-0.25, -0.2) is 4.68 Å². The SMILES string of the molecule is O=c1c(=Cc2cn(-c3ccccc3)nc2-c2cccs2)sc2nc(-c3cccnc3)nn12. The van der Waals surface area contributed by atoms with Crippen LogP contribution in [0.3, 0.4) is 0 Å². The first-order valence-electron chi connectivity index (χ1n) is 9.77. The summed E-state index contributed by atoms with van der Waals surface area (Å²) in [5, 5.41) is 11.2. The van der Waals surface area contributed by atoms with Gasteiger partial charge in [0.2, 0.25) is 4.96 Å². The molecular formula is C23H14N6OS2. The molecular weight excluding hydrogens is 440 g/mol. The third kappa shape index (κ3) is 3.24. The summed E-state index contributed by atoms with van der Waals surface area (Å²) in [5.74, 6) is 0.490. The van der Waals surface area contributed by atoms with Crippen LogP contribution in [0, 0.1) is 0 Å². The minimum atomic E-state index is -0.197. The molecule has 1 aromatic carbocycles. The lowest BCUT2D eigenvalue weighted by Crippen LogP contribution is -2.23. The van der Waals surface area contributed by atoms with E-state index in [-0.39, 0.29) is 5.56 Å². The third-order valence-corrected chi connectivity index (χ3v) is 6.74. The van der Waals surface area contributed by atoms with E-state index in [1.165, 1.54) is 15.9 Å². The van der Waals surface area contributed by atoms with Gasteiger partial charge in [-0.05, 0) is 41.8 Å². The number of pyridine rings is 1. The fourth-order valence-corrected chi connectivity index (χ4v) is 5.03. The zero-order valence-corrected chi connectivity index (χ0v) is 18.1. The van der Waals surface area contributed by atoms with E-state index in [0.29, 0.717) is 15.3 Å². The van der Waals surface area contributed by atoms with Crippen LogP contribution in [0.5, 0.6) is 0 Å². The van der Waals surface area contributed by atoms with Gasteiger partial charge in [-0.1, -0.05) is 35.6 Å². The lowest BCUT2D eigenvalue weighted by atomic mass is 10.2. The molecule has 0 bridgehead atoms. The third-order valence-electron chi connectivity index (χ3n) is 4.91. The average Bonchev–Trinajstić information content (AvgIpc) is 3.62. The Kier molecular flexibility index (Phi) is 4.48. The summed E-state index contributed by atoms with van der Waals surface area (Å²) in [7, 11) is 0. The molecule has 0 saturated heterocycles. The molecule has 5 aromatic heterocycles. The van der Waals surface area contributed by atoms with Gasteiger partial charge in [0.25, 0.3) is 5.56 Å². The van der Waals surface area contributed by atoms with E-state index in [0.717, 1.165) is 27.4 Å². The van der Waals surface area contributed by atoms with Crippen LogP contribution in [0.2, 0.25) is 0 Å². The number of benzene rings is 1. The van der Waals surface area contributed by atoms with Crippen LogP contribution in [0.1, 0.15) is 5.56 Å². The molecule has 154 valence electrons. The number of fused-ring (bicyclic) bond motifs is 1. The van der Waals surface area contributed by atoms with E-state index in [4.69, 9.17) is 5.10 Å². The predicted molar refractivity (Wildman–Crippen MR) is 126 cm³/mol. The zero-order valence-electron chi connectivity index (χ0n) is 16.5. The van der Waals surface area contributed by atoms with Crippen LogP contribution in [0.25, 0.3) is 38.7 Å². The Labute approximate surface area is 189 Å². The molecule has 0 fully saturated rings. The lowest BCUT2D eigenvalue weighted by Gasteiger charge is -1.99. The Morgan fingerprint density at radius 2 is 1.88 bits per heavy atom. The predicted octanol–water partition coefficient (Wildman–Crippen LogP) is 3.67. The van der Waals surface area contributed by atoms with Gasteiger partial charge in [0.05, 0.1) is 15.1 Å². The maximum absolute atomic E-state index is 13.1. The number of thiophene rings is 1. The van der Waals surface area contributed by atoms with Crippen molar-refractivity contribution in [1.29, 1.82) is 0 Å². The van der Waals surface area contributed by atoms with Crippen LogP contribution >= 0.6 is 22.7 Å². The maximum Gasteiger partial charge on any atom is 0.291 e. The Morgan fingerprint density at radius 3 is 2.62 bits per heavy atom. The van der Waals surface area contributed by atoms with Gasteiger partial charge in [0, 0.05) is 29.7 Å². The van der Waals surface area contributed by atoms with Gasteiger partial charge >= 0.3 is 0 Å². The van der Waals surface area contributed by atoms with E-state index >= 15 is 0 Å². The van der Waals surface area contributed by atoms with Gasteiger partial charge in [-0.3, -0.25) is 9.78 Å². The summed E-state index contributed by atoms with van der Waals surface area (Å²) in [6, 6.07) is 17.6. The molecule has 0 aliphatic rings. The smallest absolute Gasteiger partial charge is 0.266 e. The van der Waals surface area contributed by atoms with Gasteiger partial charge in [0.1, 0.15) is 5.69 Å². The highest BCUT2D eigenvalue weighted by Crippen LogP contribution is 2.28. The van der Waals surface area contributed by atoms with Crippen LogP contribution < -0.4 is 10.1 Å². The van der Waals surface area contributed by atoms with Crippen LogP contribution in [0.4, 0.5) is 0 Å². The number of para-hydroxylation sites is 1. The monoisotopic (exact) mass is 454 g/mol.